The van der Waals surface area contributed by atoms with Gasteiger partial charge in [-0.25, -0.2) is 0 Å². The fourth-order valence-corrected chi connectivity index (χ4v) is 3.16. The maximum Gasteiger partial charge on any atom is 0.302 e. The highest BCUT2D eigenvalue weighted by Gasteiger charge is 2.35. The predicted molar refractivity (Wildman–Crippen MR) is 56.2 cm³/mol. The monoisotopic (exact) mass is 212 g/mol. The Morgan fingerprint density at radius 2 is 1.80 bits per heavy atom. The summed E-state index contributed by atoms with van der Waals surface area (Å²) < 4.78 is 5.27. The summed E-state index contributed by atoms with van der Waals surface area (Å²) in [6.07, 6.45) is 6.13. The minimum Gasteiger partial charge on any atom is -0.463 e. The van der Waals surface area contributed by atoms with Crippen molar-refractivity contribution in [2.24, 2.45) is 11.8 Å². The number of hydrogen-bond donors (Lipinski definition) is 1. The van der Waals surface area contributed by atoms with Crippen molar-refractivity contribution in [3.63, 3.8) is 0 Å². The Kier molecular flexibility index (Phi) is 3.29. The quantitative estimate of drug-likeness (QED) is 0.675. The van der Waals surface area contributed by atoms with E-state index in [1.165, 1.54) is 6.92 Å². The van der Waals surface area contributed by atoms with E-state index in [1.807, 2.05) is 0 Å². The second-order valence-electron chi connectivity index (χ2n) is 5.03. The van der Waals surface area contributed by atoms with E-state index in [4.69, 9.17) is 4.74 Å². The Bertz CT molecular complexity index is 239. The summed E-state index contributed by atoms with van der Waals surface area (Å²) in [5.74, 6) is 1.18. The lowest BCUT2D eigenvalue weighted by Crippen LogP contribution is -2.36. The molecular formula is C12H20O3. The van der Waals surface area contributed by atoms with Crippen molar-refractivity contribution < 1.29 is 14.6 Å². The fraction of sp³-hybridized carbons (Fsp3) is 0.917. The maximum absolute atomic E-state index is 10.9. The van der Waals surface area contributed by atoms with Gasteiger partial charge in [0.05, 0.1) is 6.10 Å². The van der Waals surface area contributed by atoms with Gasteiger partial charge in [0.15, 0.2) is 0 Å². The molecule has 2 unspecified atom stereocenters. The minimum atomic E-state index is -0.158. The molecular weight excluding hydrogens is 192 g/mol. The van der Waals surface area contributed by atoms with E-state index < -0.39 is 0 Å². The summed E-state index contributed by atoms with van der Waals surface area (Å²) in [4.78, 5) is 10.9. The fourth-order valence-electron chi connectivity index (χ4n) is 3.16. The molecule has 0 bridgehead atoms. The van der Waals surface area contributed by atoms with Crippen molar-refractivity contribution in [1.29, 1.82) is 0 Å². The first-order chi connectivity index (χ1) is 7.15. The molecule has 3 heteroatoms. The topological polar surface area (TPSA) is 46.5 Å². The van der Waals surface area contributed by atoms with Crippen LogP contribution in [0.25, 0.3) is 0 Å². The summed E-state index contributed by atoms with van der Waals surface area (Å²) in [5.41, 5.74) is 0. The van der Waals surface area contributed by atoms with E-state index in [0.29, 0.717) is 11.8 Å². The van der Waals surface area contributed by atoms with Crippen LogP contribution in [0.3, 0.4) is 0 Å². The molecule has 15 heavy (non-hydrogen) atoms. The van der Waals surface area contributed by atoms with E-state index in [0.717, 1.165) is 38.5 Å². The van der Waals surface area contributed by atoms with E-state index in [2.05, 4.69) is 0 Å². The van der Waals surface area contributed by atoms with Gasteiger partial charge < -0.3 is 9.84 Å². The summed E-state index contributed by atoms with van der Waals surface area (Å²) in [6, 6.07) is 0. The van der Waals surface area contributed by atoms with Gasteiger partial charge in [-0.1, -0.05) is 0 Å². The number of carbonyl (C=O) groups excluding carboxylic acids is 1. The number of ether oxygens (including phenoxy) is 1. The Morgan fingerprint density at radius 3 is 2.53 bits per heavy atom. The third-order valence-corrected chi connectivity index (χ3v) is 3.87. The Morgan fingerprint density at radius 1 is 1.13 bits per heavy atom. The van der Waals surface area contributed by atoms with Gasteiger partial charge in [-0.2, -0.15) is 0 Å². The van der Waals surface area contributed by atoms with Crippen LogP contribution in [0.2, 0.25) is 0 Å². The Hall–Kier alpha value is -0.570. The van der Waals surface area contributed by atoms with Crippen LogP contribution < -0.4 is 0 Å². The molecule has 4 atom stereocenters. The van der Waals surface area contributed by atoms with Gasteiger partial charge >= 0.3 is 5.97 Å². The van der Waals surface area contributed by atoms with Crippen LogP contribution in [0.4, 0.5) is 0 Å². The normalized spacial score (nSPS) is 40.7. The van der Waals surface area contributed by atoms with Gasteiger partial charge in [0, 0.05) is 6.92 Å². The van der Waals surface area contributed by atoms with Gasteiger partial charge in [-0.3, -0.25) is 4.79 Å². The first-order valence-electron chi connectivity index (χ1n) is 6.00. The number of aliphatic hydroxyl groups is 1. The van der Waals surface area contributed by atoms with Crippen LogP contribution in [0, 0.1) is 11.8 Å². The number of carbonyl (C=O) groups is 1. The third kappa shape index (κ3) is 2.71. The Balaban J connectivity index is 1.87. The van der Waals surface area contributed by atoms with Crippen molar-refractivity contribution in [1.82, 2.24) is 0 Å². The highest BCUT2D eigenvalue weighted by molar-refractivity contribution is 5.66. The maximum atomic E-state index is 10.9. The van der Waals surface area contributed by atoms with E-state index in [9.17, 15) is 9.90 Å². The zero-order valence-electron chi connectivity index (χ0n) is 9.32. The highest BCUT2D eigenvalue weighted by Crippen LogP contribution is 2.41. The lowest BCUT2D eigenvalue weighted by Gasteiger charge is -2.40. The number of hydrogen-bond acceptors (Lipinski definition) is 3. The van der Waals surface area contributed by atoms with Crippen LogP contribution in [-0.2, 0) is 9.53 Å². The second-order valence-corrected chi connectivity index (χ2v) is 5.03. The zero-order valence-corrected chi connectivity index (χ0v) is 9.32. The molecule has 2 rings (SSSR count). The third-order valence-electron chi connectivity index (χ3n) is 3.87. The molecule has 0 aromatic rings. The molecule has 86 valence electrons. The van der Waals surface area contributed by atoms with Crippen molar-refractivity contribution >= 4 is 5.97 Å². The van der Waals surface area contributed by atoms with Crippen molar-refractivity contribution in [2.45, 2.75) is 57.7 Å². The molecule has 2 saturated carbocycles. The SMILES string of the molecule is CC(=O)O[C@H]1CCC2C[C@H](O)CCC2C1. The molecule has 2 aliphatic rings. The van der Waals surface area contributed by atoms with Gasteiger partial charge in [-0.05, 0) is 50.4 Å². The largest absolute Gasteiger partial charge is 0.463 e. The van der Waals surface area contributed by atoms with Crippen LogP contribution in [0.1, 0.15) is 45.4 Å². The predicted octanol–water partition coefficient (Wildman–Crippen LogP) is 1.88. The second kappa shape index (κ2) is 4.52. The molecule has 0 aromatic heterocycles. The van der Waals surface area contributed by atoms with Crippen LogP contribution >= 0.6 is 0 Å². The molecule has 0 heterocycles. The van der Waals surface area contributed by atoms with Crippen LogP contribution in [-0.4, -0.2) is 23.3 Å². The molecule has 0 radical (unpaired) electrons. The summed E-state index contributed by atoms with van der Waals surface area (Å²) in [7, 11) is 0. The molecule has 0 aliphatic heterocycles. The summed E-state index contributed by atoms with van der Waals surface area (Å²) in [6.45, 7) is 1.48. The Labute approximate surface area is 90.8 Å². The summed E-state index contributed by atoms with van der Waals surface area (Å²) >= 11 is 0. The average molecular weight is 212 g/mol. The van der Waals surface area contributed by atoms with Crippen molar-refractivity contribution in [2.75, 3.05) is 0 Å². The molecule has 0 saturated heterocycles. The average Bonchev–Trinajstić information content (AvgIpc) is 2.17. The van der Waals surface area contributed by atoms with Gasteiger partial charge in [-0.15, -0.1) is 0 Å². The first-order valence-corrected chi connectivity index (χ1v) is 6.00. The zero-order chi connectivity index (χ0) is 10.8. The first kappa shape index (κ1) is 10.9. The van der Waals surface area contributed by atoms with Crippen LogP contribution in [0.5, 0.6) is 0 Å². The van der Waals surface area contributed by atoms with Crippen molar-refractivity contribution in [3.8, 4) is 0 Å². The molecule has 3 nitrogen and oxygen atoms in total. The number of aliphatic hydroxyl groups excluding tert-OH is 1. The molecule has 0 amide bonds. The summed E-state index contributed by atoms with van der Waals surface area (Å²) in [5, 5.41) is 9.57. The van der Waals surface area contributed by atoms with Gasteiger partial charge in [0.2, 0.25) is 0 Å². The highest BCUT2D eigenvalue weighted by atomic mass is 16.5. The number of fused-ring (bicyclic) bond motifs is 1. The molecule has 2 fully saturated rings. The lowest BCUT2D eigenvalue weighted by molar-refractivity contribution is -0.150. The van der Waals surface area contributed by atoms with Gasteiger partial charge in [0.25, 0.3) is 0 Å². The lowest BCUT2D eigenvalue weighted by atomic mass is 9.69. The van der Waals surface area contributed by atoms with Gasteiger partial charge in [0.1, 0.15) is 6.10 Å². The molecule has 2 aliphatic carbocycles. The number of esters is 1. The van der Waals surface area contributed by atoms with E-state index >= 15 is 0 Å². The van der Waals surface area contributed by atoms with Crippen molar-refractivity contribution in [3.05, 3.63) is 0 Å². The van der Waals surface area contributed by atoms with E-state index in [1.54, 1.807) is 0 Å². The number of rotatable bonds is 1. The molecule has 0 spiro atoms. The standard InChI is InChI=1S/C12H20O3/c1-8(13)15-12-5-3-9-6-11(14)4-2-10(9)7-12/h9-12,14H,2-7H2,1H3/t9?,10?,11-,12+/m1/s1. The van der Waals surface area contributed by atoms with Crippen LogP contribution in [0.15, 0.2) is 0 Å². The smallest absolute Gasteiger partial charge is 0.302 e. The molecule has 0 aromatic carbocycles. The minimum absolute atomic E-state index is 0.0866. The molecule has 1 N–H and O–H groups in total. The van der Waals surface area contributed by atoms with E-state index in [-0.39, 0.29) is 18.2 Å².